The maximum absolute atomic E-state index is 10.6. The fourth-order valence-corrected chi connectivity index (χ4v) is 1.58. The van der Waals surface area contributed by atoms with Crippen molar-refractivity contribution < 1.29 is 9.90 Å². The molecule has 0 amide bonds. The summed E-state index contributed by atoms with van der Waals surface area (Å²) in [7, 11) is 0. The van der Waals surface area contributed by atoms with E-state index in [1.165, 1.54) is 0 Å². The van der Waals surface area contributed by atoms with E-state index < -0.39 is 5.97 Å². The molecule has 4 nitrogen and oxygen atoms in total. The van der Waals surface area contributed by atoms with Gasteiger partial charge in [0.2, 0.25) is 0 Å². The lowest BCUT2D eigenvalue weighted by molar-refractivity contribution is -0.136. The first-order chi connectivity index (χ1) is 6.68. The van der Waals surface area contributed by atoms with Crippen molar-refractivity contribution >= 4 is 23.1 Å². The van der Waals surface area contributed by atoms with Crippen LogP contribution in [0.5, 0.6) is 0 Å². The topological polar surface area (TPSA) is 54.6 Å². The Morgan fingerprint density at radius 2 is 2.36 bits per heavy atom. The molecule has 0 aliphatic carbocycles. The third kappa shape index (κ3) is 1.44. The molecule has 2 aromatic rings. The van der Waals surface area contributed by atoms with Crippen LogP contribution in [-0.2, 0) is 11.2 Å². The number of carbonyl (C=O) groups is 1. The third-order valence-corrected chi connectivity index (χ3v) is 2.31. The van der Waals surface area contributed by atoms with Crippen molar-refractivity contribution in [1.82, 2.24) is 9.61 Å². The summed E-state index contributed by atoms with van der Waals surface area (Å²) in [6.45, 7) is 0. The number of nitrogens with zero attached hydrogens (tertiary/aromatic N) is 2. The second-order valence-corrected chi connectivity index (χ2v) is 3.28. The number of carboxylic acids is 1. The number of hydrogen-bond donors (Lipinski definition) is 1. The van der Waals surface area contributed by atoms with Gasteiger partial charge in [0, 0.05) is 23.0 Å². The first-order valence-electron chi connectivity index (χ1n) is 4.01. The smallest absolute Gasteiger partial charge is 0.307 e. The molecule has 0 aliphatic rings. The van der Waals surface area contributed by atoms with Crippen molar-refractivity contribution in [2.45, 2.75) is 6.42 Å². The van der Waals surface area contributed by atoms with E-state index in [0.717, 1.165) is 5.52 Å². The summed E-state index contributed by atoms with van der Waals surface area (Å²) in [6.07, 6.45) is 3.22. The summed E-state index contributed by atoms with van der Waals surface area (Å²) in [4.78, 5) is 10.6. The molecule has 72 valence electrons. The fraction of sp³-hybridized carbons (Fsp3) is 0.111. The predicted octanol–water partition coefficient (Wildman–Crippen LogP) is 1.61. The second kappa shape index (κ2) is 3.31. The lowest BCUT2D eigenvalue weighted by Crippen LogP contribution is -2.03. The van der Waals surface area contributed by atoms with E-state index in [9.17, 15) is 4.79 Å². The van der Waals surface area contributed by atoms with Gasteiger partial charge in [-0.2, -0.15) is 5.10 Å². The van der Waals surface area contributed by atoms with Gasteiger partial charge >= 0.3 is 5.97 Å². The molecule has 0 aliphatic heterocycles. The molecule has 0 bridgehead atoms. The zero-order valence-electron chi connectivity index (χ0n) is 7.14. The molecular weight excluding hydrogens is 204 g/mol. The Morgan fingerprint density at radius 3 is 3.07 bits per heavy atom. The Labute approximate surface area is 84.7 Å². The molecule has 2 heterocycles. The SMILES string of the molecule is O=C(O)Cc1c(Cl)ccn2nccc12. The first kappa shape index (κ1) is 9.02. The van der Waals surface area contributed by atoms with Crippen LogP contribution in [0.3, 0.4) is 0 Å². The average Bonchev–Trinajstić information content (AvgIpc) is 2.57. The van der Waals surface area contributed by atoms with E-state index in [0.29, 0.717) is 10.6 Å². The Kier molecular flexibility index (Phi) is 2.13. The zero-order chi connectivity index (χ0) is 10.1. The van der Waals surface area contributed by atoms with Gasteiger partial charge in [-0.05, 0) is 12.1 Å². The van der Waals surface area contributed by atoms with Crippen molar-refractivity contribution in [3.8, 4) is 0 Å². The molecule has 0 saturated heterocycles. The molecule has 5 heteroatoms. The van der Waals surface area contributed by atoms with Gasteiger partial charge in [-0.15, -0.1) is 0 Å². The average molecular weight is 211 g/mol. The molecular formula is C9H7ClN2O2. The van der Waals surface area contributed by atoms with Crippen LogP contribution < -0.4 is 0 Å². The van der Waals surface area contributed by atoms with Gasteiger partial charge < -0.3 is 5.11 Å². The van der Waals surface area contributed by atoms with Crippen LogP contribution in [-0.4, -0.2) is 20.7 Å². The van der Waals surface area contributed by atoms with Crippen molar-refractivity contribution in [3.63, 3.8) is 0 Å². The highest BCUT2D eigenvalue weighted by atomic mass is 35.5. The Morgan fingerprint density at radius 1 is 1.57 bits per heavy atom. The summed E-state index contributed by atoms with van der Waals surface area (Å²) in [5.74, 6) is -0.902. The zero-order valence-corrected chi connectivity index (χ0v) is 7.90. The first-order valence-corrected chi connectivity index (χ1v) is 4.39. The van der Waals surface area contributed by atoms with Gasteiger partial charge in [0.05, 0.1) is 11.9 Å². The molecule has 0 saturated carbocycles. The van der Waals surface area contributed by atoms with E-state index in [2.05, 4.69) is 5.10 Å². The minimum absolute atomic E-state index is 0.0884. The van der Waals surface area contributed by atoms with Crippen LogP contribution in [0.2, 0.25) is 5.02 Å². The maximum Gasteiger partial charge on any atom is 0.307 e. The van der Waals surface area contributed by atoms with Crippen LogP contribution in [0.1, 0.15) is 5.56 Å². The molecule has 14 heavy (non-hydrogen) atoms. The van der Waals surface area contributed by atoms with Crippen molar-refractivity contribution in [1.29, 1.82) is 0 Å². The Bertz CT molecular complexity index is 493. The normalized spacial score (nSPS) is 10.6. The lowest BCUT2D eigenvalue weighted by atomic mass is 10.1. The van der Waals surface area contributed by atoms with Crippen LogP contribution in [0.15, 0.2) is 24.5 Å². The van der Waals surface area contributed by atoms with E-state index in [4.69, 9.17) is 16.7 Å². The summed E-state index contributed by atoms with van der Waals surface area (Å²) in [5.41, 5.74) is 1.33. The van der Waals surface area contributed by atoms with Gasteiger partial charge in [-0.25, -0.2) is 4.52 Å². The van der Waals surface area contributed by atoms with Gasteiger partial charge in [-0.3, -0.25) is 4.79 Å². The summed E-state index contributed by atoms with van der Waals surface area (Å²) in [5, 5.41) is 13.2. The summed E-state index contributed by atoms with van der Waals surface area (Å²) < 4.78 is 1.60. The molecule has 0 aromatic carbocycles. The quantitative estimate of drug-likeness (QED) is 0.820. The van der Waals surface area contributed by atoms with Gasteiger partial charge in [0.15, 0.2) is 0 Å². The Hall–Kier alpha value is -1.55. The lowest BCUT2D eigenvalue weighted by Gasteiger charge is -2.03. The van der Waals surface area contributed by atoms with Crippen LogP contribution >= 0.6 is 11.6 Å². The molecule has 0 spiro atoms. The van der Waals surface area contributed by atoms with Gasteiger partial charge in [0.1, 0.15) is 0 Å². The third-order valence-electron chi connectivity index (χ3n) is 1.96. The summed E-state index contributed by atoms with van der Waals surface area (Å²) >= 11 is 5.90. The number of halogens is 1. The highest BCUT2D eigenvalue weighted by Gasteiger charge is 2.10. The number of hydrogen-bond acceptors (Lipinski definition) is 2. The van der Waals surface area contributed by atoms with E-state index in [1.807, 2.05) is 0 Å². The number of fused-ring (bicyclic) bond motifs is 1. The molecule has 0 unspecified atom stereocenters. The molecule has 2 rings (SSSR count). The highest BCUT2D eigenvalue weighted by molar-refractivity contribution is 6.32. The second-order valence-electron chi connectivity index (χ2n) is 2.87. The minimum Gasteiger partial charge on any atom is -0.481 e. The minimum atomic E-state index is -0.902. The van der Waals surface area contributed by atoms with Crippen molar-refractivity contribution in [2.24, 2.45) is 0 Å². The van der Waals surface area contributed by atoms with Crippen molar-refractivity contribution in [2.75, 3.05) is 0 Å². The highest BCUT2D eigenvalue weighted by Crippen LogP contribution is 2.21. The fourth-order valence-electron chi connectivity index (χ4n) is 1.36. The Balaban J connectivity index is 2.64. The van der Waals surface area contributed by atoms with Gasteiger partial charge in [0.25, 0.3) is 0 Å². The van der Waals surface area contributed by atoms with E-state index in [1.54, 1.807) is 29.0 Å². The van der Waals surface area contributed by atoms with Gasteiger partial charge in [-0.1, -0.05) is 11.6 Å². The molecule has 0 atom stereocenters. The molecule has 0 radical (unpaired) electrons. The number of aliphatic carboxylic acids is 1. The molecule has 2 aromatic heterocycles. The van der Waals surface area contributed by atoms with Crippen LogP contribution in [0, 0.1) is 0 Å². The van der Waals surface area contributed by atoms with Crippen LogP contribution in [0.4, 0.5) is 0 Å². The largest absolute Gasteiger partial charge is 0.481 e. The number of aromatic nitrogens is 2. The van der Waals surface area contributed by atoms with Crippen molar-refractivity contribution in [3.05, 3.63) is 35.1 Å². The standard InChI is InChI=1S/C9H7ClN2O2/c10-7-2-4-12-8(1-3-11-12)6(7)5-9(13)14/h1-4H,5H2,(H,13,14). The van der Waals surface area contributed by atoms with Crippen LogP contribution in [0.25, 0.3) is 5.52 Å². The summed E-state index contributed by atoms with van der Waals surface area (Å²) in [6, 6.07) is 3.38. The number of carboxylic acid groups (broad SMARTS) is 1. The predicted molar refractivity (Wildman–Crippen MR) is 51.5 cm³/mol. The molecule has 0 fully saturated rings. The monoisotopic (exact) mass is 210 g/mol. The van der Waals surface area contributed by atoms with E-state index >= 15 is 0 Å². The number of rotatable bonds is 2. The number of pyridine rings is 1. The molecule has 1 N–H and O–H groups in total. The maximum atomic E-state index is 10.6. The van der Waals surface area contributed by atoms with E-state index in [-0.39, 0.29) is 6.42 Å².